The van der Waals surface area contributed by atoms with Gasteiger partial charge < -0.3 is 10.6 Å². The van der Waals surface area contributed by atoms with Crippen LogP contribution in [0, 0.1) is 18.8 Å². The van der Waals surface area contributed by atoms with Gasteiger partial charge >= 0.3 is 0 Å². The van der Waals surface area contributed by atoms with Crippen LogP contribution in [0.1, 0.15) is 32.3 Å². The van der Waals surface area contributed by atoms with Crippen molar-refractivity contribution in [2.75, 3.05) is 23.7 Å². The highest BCUT2D eigenvalue weighted by atomic mass is 15.1. The van der Waals surface area contributed by atoms with Gasteiger partial charge in [-0.3, -0.25) is 0 Å². The molecule has 0 spiro atoms. The number of nitrogen functional groups attached to an aromatic ring is 1. The van der Waals surface area contributed by atoms with E-state index in [-0.39, 0.29) is 0 Å². The Morgan fingerprint density at radius 3 is 2.47 bits per heavy atom. The summed E-state index contributed by atoms with van der Waals surface area (Å²) in [4.78, 5) is 2.49. The van der Waals surface area contributed by atoms with E-state index in [0.717, 1.165) is 17.5 Å². The molecule has 0 saturated carbocycles. The highest BCUT2D eigenvalue weighted by Crippen LogP contribution is 2.31. The minimum atomic E-state index is 0.819. The van der Waals surface area contributed by atoms with Gasteiger partial charge in [-0.1, -0.05) is 19.9 Å². The zero-order chi connectivity index (χ0) is 12.4. The lowest BCUT2D eigenvalue weighted by Gasteiger charge is -2.36. The van der Waals surface area contributed by atoms with Crippen LogP contribution >= 0.6 is 0 Å². The summed E-state index contributed by atoms with van der Waals surface area (Å²) in [5.41, 5.74) is 9.44. The van der Waals surface area contributed by atoms with Crippen LogP contribution in [0.2, 0.25) is 0 Å². The first-order valence-corrected chi connectivity index (χ1v) is 6.69. The molecular formula is C15H24N2. The maximum atomic E-state index is 5.98. The molecule has 1 aliphatic rings. The fraction of sp³-hybridized carbons (Fsp3) is 0.600. The van der Waals surface area contributed by atoms with Crippen LogP contribution in [0.4, 0.5) is 11.4 Å². The molecule has 0 amide bonds. The van der Waals surface area contributed by atoms with Crippen LogP contribution in [0.15, 0.2) is 18.2 Å². The van der Waals surface area contributed by atoms with Gasteiger partial charge in [-0.2, -0.15) is 0 Å². The molecule has 1 aromatic carbocycles. The standard InChI is InChI=1S/C15H24N2/c1-11(2)13-7-9-17(10-8-13)15-6-4-5-14(16)12(15)3/h4-6,11,13H,7-10,16H2,1-3H3. The predicted octanol–water partition coefficient (Wildman–Crippen LogP) is 3.45. The second-order valence-corrected chi connectivity index (χ2v) is 5.56. The molecule has 2 rings (SSSR count). The Labute approximate surface area is 105 Å². The van der Waals surface area contributed by atoms with Crippen molar-refractivity contribution in [1.82, 2.24) is 0 Å². The Hall–Kier alpha value is -1.18. The summed E-state index contributed by atoms with van der Waals surface area (Å²) >= 11 is 0. The van der Waals surface area contributed by atoms with E-state index in [1.807, 2.05) is 6.07 Å². The minimum Gasteiger partial charge on any atom is -0.398 e. The summed E-state index contributed by atoms with van der Waals surface area (Å²) < 4.78 is 0. The molecule has 2 nitrogen and oxygen atoms in total. The molecular weight excluding hydrogens is 208 g/mol. The maximum absolute atomic E-state index is 5.98. The van der Waals surface area contributed by atoms with E-state index in [1.54, 1.807) is 0 Å². The highest BCUT2D eigenvalue weighted by Gasteiger charge is 2.22. The average Bonchev–Trinajstić information content (AvgIpc) is 2.33. The van der Waals surface area contributed by atoms with Crippen molar-refractivity contribution in [1.29, 1.82) is 0 Å². The molecule has 0 aliphatic carbocycles. The third-order valence-corrected chi connectivity index (χ3v) is 4.17. The topological polar surface area (TPSA) is 29.3 Å². The number of nitrogens with two attached hydrogens (primary N) is 1. The smallest absolute Gasteiger partial charge is 0.0416 e. The average molecular weight is 232 g/mol. The maximum Gasteiger partial charge on any atom is 0.0416 e. The van der Waals surface area contributed by atoms with Crippen LogP contribution in [0.3, 0.4) is 0 Å². The number of piperidine rings is 1. The van der Waals surface area contributed by atoms with Crippen molar-refractivity contribution >= 4 is 11.4 Å². The Morgan fingerprint density at radius 2 is 1.88 bits per heavy atom. The van der Waals surface area contributed by atoms with Crippen molar-refractivity contribution < 1.29 is 0 Å². The molecule has 1 heterocycles. The van der Waals surface area contributed by atoms with Crippen LogP contribution in [-0.4, -0.2) is 13.1 Å². The van der Waals surface area contributed by atoms with E-state index in [0.29, 0.717) is 0 Å². The van der Waals surface area contributed by atoms with E-state index in [2.05, 4.69) is 37.8 Å². The summed E-state index contributed by atoms with van der Waals surface area (Å²) in [6.07, 6.45) is 2.62. The predicted molar refractivity (Wildman–Crippen MR) is 75.4 cm³/mol. The van der Waals surface area contributed by atoms with Crippen molar-refractivity contribution in [3.05, 3.63) is 23.8 Å². The Balaban J connectivity index is 2.08. The fourth-order valence-corrected chi connectivity index (χ4v) is 2.79. The van der Waals surface area contributed by atoms with Crippen molar-refractivity contribution in [3.63, 3.8) is 0 Å². The van der Waals surface area contributed by atoms with Crippen LogP contribution in [-0.2, 0) is 0 Å². The number of anilines is 2. The summed E-state index contributed by atoms with van der Waals surface area (Å²) in [6.45, 7) is 9.15. The van der Waals surface area contributed by atoms with Crippen LogP contribution in [0.25, 0.3) is 0 Å². The lowest BCUT2D eigenvalue weighted by atomic mass is 9.86. The normalized spacial score (nSPS) is 17.8. The summed E-state index contributed by atoms with van der Waals surface area (Å²) in [6, 6.07) is 6.24. The van der Waals surface area contributed by atoms with E-state index in [1.165, 1.54) is 37.2 Å². The van der Waals surface area contributed by atoms with E-state index >= 15 is 0 Å². The zero-order valence-electron chi connectivity index (χ0n) is 11.2. The third kappa shape index (κ3) is 2.56. The van der Waals surface area contributed by atoms with Gasteiger partial charge in [0.1, 0.15) is 0 Å². The fourth-order valence-electron chi connectivity index (χ4n) is 2.79. The molecule has 94 valence electrons. The minimum absolute atomic E-state index is 0.819. The second-order valence-electron chi connectivity index (χ2n) is 5.56. The summed E-state index contributed by atoms with van der Waals surface area (Å²) in [7, 11) is 0. The van der Waals surface area contributed by atoms with E-state index in [4.69, 9.17) is 5.73 Å². The summed E-state index contributed by atoms with van der Waals surface area (Å²) in [5.74, 6) is 1.71. The van der Waals surface area contributed by atoms with Gasteiger partial charge in [0.15, 0.2) is 0 Å². The zero-order valence-corrected chi connectivity index (χ0v) is 11.2. The molecule has 0 atom stereocenters. The first-order chi connectivity index (χ1) is 8.09. The lowest BCUT2D eigenvalue weighted by Crippen LogP contribution is -2.35. The highest BCUT2D eigenvalue weighted by molar-refractivity contribution is 5.64. The number of benzene rings is 1. The molecule has 17 heavy (non-hydrogen) atoms. The molecule has 1 fully saturated rings. The molecule has 0 radical (unpaired) electrons. The quantitative estimate of drug-likeness (QED) is 0.791. The molecule has 0 unspecified atom stereocenters. The molecule has 1 aliphatic heterocycles. The Kier molecular flexibility index (Phi) is 3.60. The van der Waals surface area contributed by atoms with Gasteiger partial charge in [0.25, 0.3) is 0 Å². The van der Waals surface area contributed by atoms with Crippen molar-refractivity contribution in [2.24, 2.45) is 11.8 Å². The monoisotopic (exact) mass is 232 g/mol. The lowest BCUT2D eigenvalue weighted by molar-refractivity contribution is 0.311. The van der Waals surface area contributed by atoms with E-state index < -0.39 is 0 Å². The van der Waals surface area contributed by atoms with Gasteiger partial charge in [0.05, 0.1) is 0 Å². The number of hydrogen-bond donors (Lipinski definition) is 1. The Bertz CT molecular complexity index is 377. The summed E-state index contributed by atoms with van der Waals surface area (Å²) in [5, 5.41) is 0. The first kappa shape index (κ1) is 12.3. The number of rotatable bonds is 2. The molecule has 0 aromatic heterocycles. The largest absolute Gasteiger partial charge is 0.398 e. The molecule has 1 aromatic rings. The van der Waals surface area contributed by atoms with Crippen LogP contribution in [0.5, 0.6) is 0 Å². The van der Waals surface area contributed by atoms with Gasteiger partial charge in [0, 0.05) is 24.5 Å². The SMILES string of the molecule is Cc1c(N)cccc1N1CCC(C(C)C)CC1. The van der Waals surface area contributed by atoms with Crippen molar-refractivity contribution in [3.8, 4) is 0 Å². The molecule has 2 heteroatoms. The number of nitrogens with zero attached hydrogens (tertiary/aromatic N) is 1. The second kappa shape index (κ2) is 4.99. The van der Waals surface area contributed by atoms with Gasteiger partial charge in [0.2, 0.25) is 0 Å². The van der Waals surface area contributed by atoms with E-state index in [9.17, 15) is 0 Å². The first-order valence-electron chi connectivity index (χ1n) is 6.69. The van der Waals surface area contributed by atoms with Crippen LogP contribution < -0.4 is 10.6 Å². The van der Waals surface area contributed by atoms with Gasteiger partial charge in [-0.05, 0) is 49.3 Å². The number of hydrogen-bond acceptors (Lipinski definition) is 2. The van der Waals surface area contributed by atoms with Crippen molar-refractivity contribution in [2.45, 2.75) is 33.6 Å². The third-order valence-electron chi connectivity index (χ3n) is 4.17. The molecule has 1 saturated heterocycles. The van der Waals surface area contributed by atoms with Gasteiger partial charge in [-0.25, -0.2) is 0 Å². The van der Waals surface area contributed by atoms with Gasteiger partial charge in [-0.15, -0.1) is 0 Å². The molecule has 2 N–H and O–H groups in total. The Morgan fingerprint density at radius 1 is 1.24 bits per heavy atom. The molecule has 0 bridgehead atoms.